The minimum Gasteiger partial charge on any atom is -0.307 e. The SMILES string of the molecule is CC(C)(C)c1ccc(-c2cc3cc(c2)-n2c4ccccc4c4ccc5c6ccccc6n(c5c42)-c2cc4c(=O)c5cc(C(C)(C)C)ccc5n5c6ccc(C(C)(C)C)cc6c(=O)c(c2C(C)(C)c2ccc-3cc2)c45)cc1. The molecule has 0 fully saturated rings. The van der Waals surface area contributed by atoms with Crippen molar-refractivity contribution in [2.24, 2.45) is 0 Å². The molecule has 2 aliphatic rings. The highest BCUT2D eigenvalue weighted by Gasteiger charge is 2.36. The van der Waals surface area contributed by atoms with E-state index >= 15 is 9.59 Å². The normalized spacial score (nSPS) is 13.9. The highest BCUT2D eigenvalue weighted by molar-refractivity contribution is 6.24. The molecule has 0 amide bonds. The van der Waals surface area contributed by atoms with Crippen LogP contribution in [0.25, 0.3) is 115 Å². The van der Waals surface area contributed by atoms with E-state index in [4.69, 9.17) is 0 Å². The van der Waals surface area contributed by atoms with Gasteiger partial charge in [0.25, 0.3) is 0 Å². The first-order valence-corrected chi connectivity index (χ1v) is 26.9. The molecular formula is C71H61N3O2. The van der Waals surface area contributed by atoms with E-state index in [1.165, 1.54) is 5.56 Å². The van der Waals surface area contributed by atoms with E-state index in [0.29, 0.717) is 27.1 Å². The molecule has 0 radical (unpaired) electrons. The van der Waals surface area contributed by atoms with E-state index in [1.807, 2.05) is 0 Å². The molecule has 6 heterocycles. The molecule has 0 saturated heterocycles. The van der Waals surface area contributed by atoms with Gasteiger partial charge in [-0.15, -0.1) is 0 Å². The molecule has 372 valence electrons. The molecule has 0 aliphatic carbocycles. The van der Waals surface area contributed by atoms with E-state index in [2.05, 4.69) is 260 Å². The van der Waals surface area contributed by atoms with Crippen LogP contribution in [-0.2, 0) is 21.7 Å². The number of aromatic nitrogens is 3. The molecule has 0 spiro atoms. The number of hydrogen-bond donors (Lipinski definition) is 0. The van der Waals surface area contributed by atoms with E-state index in [1.54, 1.807) is 0 Å². The molecule has 15 rings (SSSR count). The van der Waals surface area contributed by atoms with E-state index in [0.717, 1.165) is 111 Å². The Balaban J connectivity index is 1.25. The summed E-state index contributed by atoms with van der Waals surface area (Å²) in [6, 6.07) is 62.1. The zero-order chi connectivity index (χ0) is 52.7. The summed E-state index contributed by atoms with van der Waals surface area (Å²) >= 11 is 0. The summed E-state index contributed by atoms with van der Waals surface area (Å²) in [5.41, 5.74) is 16.8. The van der Waals surface area contributed by atoms with Crippen LogP contribution < -0.4 is 10.9 Å². The first kappa shape index (κ1) is 46.3. The topological polar surface area (TPSA) is 48.4 Å². The molecule has 5 heteroatoms. The van der Waals surface area contributed by atoms with Crippen molar-refractivity contribution in [3.8, 4) is 33.6 Å². The predicted octanol–water partition coefficient (Wildman–Crippen LogP) is 17.6. The lowest BCUT2D eigenvalue weighted by atomic mass is 9.74. The van der Waals surface area contributed by atoms with Crippen molar-refractivity contribution in [1.29, 1.82) is 0 Å². The van der Waals surface area contributed by atoms with Gasteiger partial charge in [0.15, 0.2) is 10.9 Å². The van der Waals surface area contributed by atoms with Crippen LogP contribution in [0.2, 0.25) is 0 Å². The monoisotopic (exact) mass is 987 g/mol. The van der Waals surface area contributed by atoms with Crippen LogP contribution in [0.1, 0.15) is 104 Å². The fourth-order valence-corrected chi connectivity index (χ4v) is 13.0. The van der Waals surface area contributed by atoms with Gasteiger partial charge in [-0.25, -0.2) is 0 Å². The Morgan fingerprint density at radius 2 is 0.842 bits per heavy atom. The third kappa shape index (κ3) is 6.44. The number of benzene rings is 9. The molecule has 5 nitrogen and oxygen atoms in total. The van der Waals surface area contributed by atoms with Gasteiger partial charge >= 0.3 is 0 Å². The Morgan fingerprint density at radius 3 is 1.38 bits per heavy atom. The summed E-state index contributed by atoms with van der Waals surface area (Å²) in [4.78, 5) is 32.4. The maximum atomic E-state index is 16.4. The van der Waals surface area contributed by atoms with Crippen LogP contribution in [-0.4, -0.2) is 13.5 Å². The smallest absolute Gasteiger partial charge is 0.197 e. The Hall–Kier alpha value is -8.28. The van der Waals surface area contributed by atoms with Crippen LogP contribution >= 0.6 is 0 Å². The van der Waals surface area contributed by atoms with Gasteiger partial charge in [0.05, 0.1) is 49.7 Å². The van der Waals surface area contributed by atoms with Crippen LogP contribution in [0.4, 0.5) is 0 Å². The van der Waals surface area contributed by atoms with Crippen molar-refractivity contribution in [3.63, 3.8) is 0 Å². The summed E-state index contributed by atoms with van der Waals surface area (Å²) in [6.45, 7) is 24.5. The second-order valence-electron chi connectivity index (χ2n) is 25.4. The number of pyridine rings is 2. The Kier molecular flexibility index (Phi) is 9.39. The fourth-order valence-electron chi connectivity index (χ4n) is 13.0. The molecule has 4 bridgehead atoms. The van der Waals surface area contributed by atoms with Crippen molar-refractivity contribution < 1.29 is 0 Å². The zero-order valence-electron chi connectivity index (χ0n) is 45.3. The van der Waals surface area contributed by atoms with Crippen molar-refractivity contribution in [3.05, 3.63) is 218 Å². The predicted molar refractivity (Wildman–Crippen MR) is 321 cm³/mol. The third-order valence-corrected chi connectivity index (χ3v) is 17.2. The largest absolute Gasteiger partial charge is 0.307 e. The van der Waals surface area contributed by atoms with Gasteiger partial charge in [-0.05, 0) is 127 Å². The third-order valence-electron chi connectivity index (χ3n) is 17.2. The van der Waals surface area contributed by atoms with Crippen molar-refractivity contribution in [1.82, 2.24) is 13.5 Å². The number of para-hydroxylation sites is 2. The van der Waals surface area contributed by atoms with Crippen molar-refractivity contribution in [2.75, 3.05) is 0 Å². The minimum absolute atomic E-state index is 0.0228. The Morgan fingerprint density at radius 1 is 0.368 bits per heavy atom. The summed E-state index contributed by atoms with van der Waals surface area (Å²) < 4.78 is 7.13. The maximum absolute atomic E-state index is 16.4. The summed E-state index contributed by atoms with van der Waals surface area (Å²) in [7, 11) is 0. The molecule has 0 unspecified atom stereocenters. The molecule has 76 heavy (non-hydrogen) atoms. The lowest BCUT2D eigenvalue weighted by molar-refractivity contribution is 0.590. The van der Waals surface area contributed by atoms with Crippen LogP contribution in [0.3, 0.4) is 0 Å². The van der Waals surface area contributed by atoms with E-state index in [9.17, 15) is 0 Å². The molecule has 0 atom stereocenters. The highest BCUT2D eigenvalue weighted by Crippen LogP contribution is 2.48. The molecule has 9 aromatic carbocycles. The number of nitrogens with zero attached hydrogens (tertiary/aromatic N) is 3. The molecule has 0 N–H and O–H groups in total. The molecule has 13 aromatic rings. The lowest BCUT2D eigenvalue weighted by Gasteiger charge is -2.32. The van der Waals surface area contributed by atoms with Gasteiger partial charge in [-0.1, -0.05) is 185 Å². The second kappa shape index (κ2) is 15.4. The average Bonchev–Trinajstić information content (AvgIpc) is 3.85. The van der Waals surface area contributed by atoms with Crippen molar-refractivity contribution in [2.45, 2.75) is 97.8 Å². The molecule has 0 saturated carbocycles. The summed E-state index contributed by atoms with van der Waals surface area (Å²) in [5, 5.41) is 6.80. The lowest BCUT2D eigenvalue weighted by Crippen LogP contribution is -2.27. The van der Waals surface area contributed by atoms with Gasteiger partial charge < -0.3 is 13.5 Å². The first-order chi connectivity index (χ1) is 36.2. The minimum atomic E-state index is -0.789. The first-order valence-electron chi connectivity index (χ1n) is 26.9. The molecule has 4 aromatic heterocycles. The Bertz CT molecular complexity index is 4770. The van der Waals surface area contributed by atoms with Crippen molar-refractivity contribution >= 4 is 81.7 Å². The van der Waals surface area contributed by atoms with Gasteiger partial charge in [0.1, 0.15) is 0 Å². The quantitative estimate of drug-likeness (QED) is 0.122. The highest BCUT2D eigenvalue weighted by atomic mass is 16.1. The average molecular weight is 988 g/mol. The standard InChI is InChI=1S/C71H61N3O2/c1-68(2,3)44-24-20-40(21-25-44)42-34-43-36-48(35-42)72-56-18-14-12-16-49(56)51-30-31-52-50-17-13-15-19-57(50)74(65(52)64(51)72)60-39-55-63-61(62(60)71(10,11)45-26-22-41(43)23-27-45)67(76)54-38-47(70(7,8)9)29-33-59(54)73(63)58-32-28-46(69(4,5)6)37-53(58)66(55)75/h12-39H,1-11H3. The van der Waals surface area contributed by atoms with Gasteiger partial charge in [0.2, 0.25) is 0 Å². The number of hydrogen-bond acceptors (Lipinski definition) is 2. The summed E-state index contributed by atoms with van der Waals surface area (Å²) in [6.07, 6.45) is 0. The molecule has 2 aliphatic heterocycles. The van der Waals surface area contributed by atoms with Crippen LogP contribution in [0, 0.1) is 0 Å². The van der Waals surface area contributed by atoms with E-state index in [-0.39, 0.29) is 27.1 Å². The number of rotatable bonds is 1. The fraction of sp³-hybridized carbons (Fsp3) is 0.211. The van der Waals surface area contributed by atoms with E-state index < -0.39 is 5.41 Å². The van der Waals surface area contributed by atoms with Crippen LogP contribution in [0.5, 0.6) is 0 Å². The molecular weight excluding hydrogens is 927 g/mol. The second-order valence-corrected chi connectivity index (χ2v) is 25.4. The van der Waals surface area contributed by atoms with Gasteiger partial charge in [-0.2, -0.15) is 0 Å². The van der Waals surface area contributed by atoms with Crippen LogP contribution in [0.15, 0.2) is 179 Å². The number of fused-ring (bicyclic) bond motifs is 10. The van der Waals surface area contributed by atoms with Gasteiger partial charge in [0, 0.05) is 48.8 Å². The zero-order valence-corrected chi connectivity index (χ0v) is 45.3. The maximum Gasteiger partial charge on any atom is 0.197 e. The summed E-state index contributed by atoms with van der Waals surface area (Å²) in [5.74, 6) is 0. The van der Waals surface area contributed by atoms with Gasteiger partial charge in [-0.3, -0.25) is 9.59 Å². The Labute approximate surface area is 442 Å².